The van der Waals surface area contributed by atoms with Crippen LogP contribution in [-0.2, 0) is 4.79 Å². The van der Waals surface area contributed by atoms with Crippen molar-refractivity contribution in [1.82, 2.24) is 15.5 Å². The van der Waals surface area contributed by atoms with Gasteiger partial charge in [0.15, 0.2) is 0 Å². The predicted molar refractivity (Wildman–Crippen MR) is 78.0 cm³/mol. The summed E-state index contributed by atoms with van der Waals surface area (Å²) in [6.07, 6.45) is 5.71. The second-order valence-electron chi connectivity index (χ2n) is 6.40. The van der Waals surface area contributed by atoms with E-state index in [-0.39, 0.29) is 11.8 Å². The van der Waals surface area contributed by atoms with Crippen LogP contribution in [0, 0.1) is 11.8 Å². The first kappa shape index (κ1) is 14.8. The zero-order valence-electron chi connectivity index (χ0n) is 12.5. The van der Waals surface area contributed by atoms with Gasteiger partial charge in [0.05, 0.1) is 0 Å². The lowest BCUT2D eigenvalue weighted by molar-refractivity contribution is -0.126. The Kier molecular flexibility index (Phi) is 5.64. The van der Waals surface area contributed by atoms with Crippen molar-refractivity contribution in [3.05, 3.63) is 0 Å². The summed E-state index contributed by atoms with van der Waals surface area (Å²) in [5.41, 5.74) is 0. The van der Waals surface area contributed by atoms with Gasteiger partial charge in [-0.2, -0.15) is 0 Å². The topological polar surface area (TPSA) is 44.4 Å². The second kappa shape index (κ2) is 7.25. The first-order valence-electron chi connectivity index (χ1n) is 7.85. The lowest BCUT2D eigenvalue weighted by atomic mass is 9.91. The number of amides is 1. The van der Waals surface area contributed by atoms with Crippen LogP contribution in [-0.4, -0.2) is 50.1 Å². The molecule has 0 aromatic carbocycles. The molecule has 2 aliphatic rings. The lowest BCUT2D eigenvalue weighted by Gasteiger charge is -2.29. The third-order valence-electron chi connectivity index (χ3n) is 4.68. The van der Waals surface area contributed by atoms with Crippen LogP contribution in [0.25, 0.3) is 0 Å². The minimum atomic E-state index is 0.230. The fraction of sp³-hybridized carbons (Fsp3) is 0.933. The molecule has 0 spiro atoms. The maximum atomic E-state index is 12.1. The molecule has 0 bridgehead atoms. The molecule has 2 saturated heterocycles. The van der Waals surface area contributed by atoms with E-state index in [1.165, 1.54) is 25.9 Å². The van der Waals surface area contributed by atoms with Crippen LogP contribution < -0.4 is 10.6 Å². The molecule has 2 aliphatic heterocycles. The lowest BCUT2D eigenvalue weighted by Crippen LogP contribution is -2.43. The SMILES string of the molecule is C[C@H]1C[C@@H](C(=O)NCCC2CCN(C)CC2)CCN1. The normalized spacial score (nSPS) is 30.2. The standard InChI is InChI=1S/C15H29N3O/c1-12-11-14(4-8-16-12)15(19)17-7-3-13-5-9-18(2)10-6-13/h12-14,16H,3-11H2,1-2H3,(H,17,19)/t12-,14-/m0/s1. The number of rotatable bonds is 4. The Labute approximate surface area is 117 Å². The quantitative estimate of drug-likeness (QED) is 0.805. The molecular weight excluding hydrogens is 238 g/mol. The van der Waals surface area contributed by atoms with Crippen molar-refractivity contribution in [2.24, 2.45) is 11.8 Å². The Balaban J connectivity index is 1.61. The highest BCUT2D eigenvalue weighted by atomic mass is 16.1. The van der Waals surface area contributed by atoms with Gasteiger partial charge in [0.2, 0.25) is 5.91 Å². The Bertz CT molecular complexity index is 287. The van der Waals surface area contributed by atoms with Crippen molar-refractivity contribution in [3.63, 3.8) is 0 Å². The molecule has 2 atom stereocenters. The molecule has 0 aromatic rings. The van der Waals surface area contributed by atoms with Crippen LogP contribution in [0.1, 0.15) is 39.0 Å². The molecule has 19 heavy (non-hydrogen) atoms. The summed E-state index contributed by atoms with van der Waals surface area (Å²) in [4.78, 5) is 14.5. The monoisotopic (exact) mass is 267 g/mol. The number of hydrogen-bond acceptors (Lipinski definition) is 3. The summed E-state index contributed by atoms with van der Waals surface area (Å²) < 4.78 is 0. The molecule has 4 heteroatoms. The zero-order chi connectivity index (χ0) is 13.7. The van der Waals surface area contributed by atoms with Crippen LogP contribution in [0.3, 0.4) is 0 Å². The van der Waals surface area contributed by atoms with E-state index >= 15 is 0 Å². The molecule has 0 unspecified atom stereocenters. The number of nitrogens with one attached hydrogen (secondary N) is 2. The number of carbonyl (C=O) groups excluding carboxylic acids is 1. The summed E-state index contributed by atoms with van der Waals surface area (Å²) in [5, 5.41) is 6.55. The van der Waals surface area contributed by atoms with E-state index in [9.17, 15) is 4.79 Å². The predicted octanol–water partition coefficient (Wildman–Crippen LogP) is 1.22. The van der Waals surface area contributed by atoms with E-state index < -0.39 is 0 Å². The van der Waals surface area contributed by atoms with Gasteiger partial charge >= 0.3 is 0 Å². The van der Waals surface area contributed by atoms with Crippen LogP contribution in [0.4, 0.5) is 0 Å². The molecule has 0 radical (unpaired) electrons. The summed E-state index contributed by atoms with van der Waals surface area (Å²) >= 11 is 0. The minimum absolute atomic E-state index is 0.230. The molecular formula is C15H29N3O. The van der Waals surface area contributed by atoms with Crippen molar-refractivity contribution in [3.8, 4) is 0 Å². The molecule has 2 N–H and O–H groups in total. The van der Waals surface area contributed by atoms with Gasteiger partial charge < -0.3 is 15.5 Å². The summed E-state index contributed by atoms with van der Waals surface area (Å²) in [6, 6.07) is 0.485. The van der Waals surface area contributed by atoms with E-state index in [0.717, 1.165) is 38.3 Å². The number of likely N-dealkylation sites (tertiary alicyclic amines) is 1. The Hall–Kier alpha value is -0.610. The van der Waals surface area contributed by atoms with E-state index in [0.29, 0.717) is 6.04 Å². The Morgan fingerprint density at radius 1 is 1.32 bits per heavy atom. The highest BCUT2D eigenvalue weighted by Gasteiger charge is 2.24. The largest absolute Gasteiger partial charge is 0.356 e. The maximum absolute atomic E-state index is 12.1. The smallest absolute Gasteiger partial charge is 0.223 e. The van der Waals surface area contributed by atoms with Gasteiger partial charge in [0, 0.05) is 18.5 Å². The van der Waals surface area contributed by atoms with Gasteiger partial charge in [-0.15, -0.1) is 0 Å². The van der Waals surface area contributed by atoms with Gasteiger partial charge in [-0.3, -0.25) is 4.79 Å². The van der Waals surface area contributed by atoms with E-state index in [1.807, 2.05) is 0 Å². The minimum Gasteiger partial charge on any atom is -0.356 e. The van der Waals surface area contributed by atoms with Crippen LogP contribution in [0.15, 0.2) is 0 Å². The van der Waals surface area contributed by atoms with Gasteiger partial charge in [-0.1, -0.05) is 0 Å². The molecule has 2 rings (SSSR count). The van der Waals surface area contributed by atoms with Crippen LogP contribution in [0.2, 0.25) is 0 Å². The van der Waals surface area contributed by atoms with Gasteiger partial charge in [-0.25, -0.2) is 0 Å². The molecule has 1 amide bonds. The molecule has 2 heterocycles. The van der Waals surface area contributed by atoms with Gasteiger partial charge in [0.1, 0.15) is 0 Å². The molecule has 4 nitrogen and oxygen atoms in total. The summed E-state index contributed by atoms with van der Waals surface area (Å²) in [7, 11) is 2.19. The van der Waals surface area contributed by atoms with Crippen molar-refractivity contribution in [2.75, 3.05) is 33.2 Å². The molecule has 2 fully saturated rings. The number of carbonyl (C=O) groups is 1. The highest BCUT2D eigenvalue weighted by Crippen LogP contribution is 2.19. The molecule has 0 saturated carbocycles. The highest BCUT2D eigenvalue weighted by molar-refractivity contribution is 5.78. The van der Waals surface area contributed by atoms with Gasteiger partial charge in [-0.05, 0) is 71.6 Å². The van der Waals surface area contributed by atoms with Crippen molar-refractivity contribution >= 4 is 5.91 Å². The third-order valence-corrected chi connectivity index (χ3v) is 4.68. The third kappa shape index (κ3) is 4.77. The second-order valence-corrected chi connectivity index (χ2v) is 6.40. The van der Waals surface area contributed by atoms with E-state index in [2.05, 4.69) is 29.5 Å². The molecule has 0 aliphatic carbocycles. The fourth-order valence-electron chi connectivity index (χ4n) is 3.26. The van der Waals surface area contributed by atoms with Crippen LogP contribution >= 0.6 is 0 Å². The van der Waals surface area contributed by atoms with E-state index in [4.69, 9.17) is 0 Å². The van der Waals surface area contributed by atoms with Crippen molar-refractivity contribution in [1.29, 1.82) is 0 Å². The summed E-state index contributed by atoms with van der Waals surface area (Å²) in [5.74, 6) is 1.32. The first-order chi connectivity index (χ1) is 9.15. The average molecular weight is 267 g/mol. The van der Waals surface area contributed by atoms with E-state index in [1.54, 1.807) is 0 Å². The van der Waals surface area contributed by atoms with Gasteiger partial charge in [0.25, 0.3) is 0 Å². The Morgan fingerprint density at radius 2 is 2.05 bits per heavy atom. The maximum Gasteiger partial charge on any atom is 0.223 e. The summed E-state index contributed by atoms with van der Waals surface area (Å²) in [6.45, 7) is 6.44. The number of nitrogens with zero attached hydrogens (tertiary/aromatic N) is 1. The Morgan fingerprint density at radius 3 is 2.74 bits per heavy atom. The number of hydrogen-bond donors (Lipinski definition) is 2. The van der Waals surface area contributed by atoms with Crippen molar-refractivity contribution in [2.45, 2.75) is 45.1 Å². The molecule has 0 aromatic heterocycles. The average Bonchev–Trinajstić information content (AvgIpc) is 2.41. The van der Waals surface area contributed by atoms with Crippen molar-refractivity contribution < 1.29 is 4.79 Å². The number of piperidine rings is 2. The fourth-order valence-corrected chi connectivity index (χ4v) is 3.26. The molecule has 110 valence electrons. The zero-order valence-corrected chi connectivity index (χ0v) is 12.5. The van der Waals surface area contributed by atoms with Crippen LogP contribution in [0.5, 0.6) is 0 Å². The first-order valence-corrected chi connectivity index (χ1v) is 7.85.